The van der Waals surface area contributed by atoms with Crippen molar-refractivity contribution in [2.45, 2.75) is 31.3 Å². The number of H-pyrrole nitrogens is 1. The highest BCUT2D eigenvalue weighted by Gasteiger charge is 2.23. The third-order valence-electron chi connectivity index (χ3n) is 4.76. The number of hydrogen-bond donors (Lipinski definition) is 1. The van der Waals surface area contributed by atoms with E-state index >= 15 is 0 Å². The van der Waals surface area contributed by atoms with E-state index in [1.165, 1.54) is 22.4 Å². The number of hydrogen-bond acceptors (Lipinski definition) is 5. The normalized spacial score (nSPS) is 13.9. The Morgan fingerprint density at radius 3 is 2.97 bits per heavy atom. The lowest BCUT2D eigenvalue weighted by molar-refractivity contribution is 0.149. The van der Waals surface area contributed by atoms with Gasteiger partial charge in [-0.15, -0.1) is 0 Å². The molecule has 0 aliphatic heterocycles. The van der Waals surface area contributed by atoms with Gasteiger partial charge in [-0.05, 0) is 50.3 Å². The monoisotopic (exact) mass is 417 g/mol. The Hall–Kier alpha value is -2.32. The van der Waals surface area contributed by atoms with Gasteiger partial charge in [0.2, 0.25) is 0 Å². The number of ether oxygens (including phenoxy) is 2. The zero-order chi connectivity index (χ0) is 20.2. The van der Waals surface area contributed by atoms with Gasteiger partial charge >= 0.3 is 0 Å². The number of benzene rings is 1. The average Bonchev–Trinajstić information content (AvgIpc) is 3.42. The van der Waals surface area contributed by atoms with E-state index in [9.17, 15) is 9.18 Å². The van der Waals surface area contributed by atoms with Crippen molar-refractivity contribution >= 4 is 22.8 Å². The van der Waals surface area contributed by atoms with Gasteiger partial charge in [-0.2, -0.15) is 0 Å². The van der Waals surface area contributed by atoms with Crippen molar-refractivity contribution in [3.63, 3.8) is 0 Å². The third kappa shape index (κ3) is 4.64. The molecule has 1 aliphatic rings. The fourth-order valence-corrected chi connectivity index (χ4v) is 3.93. The summed E-state index contributed by atoms with van der Waals surface area (Å²) in [6.45, 7) is 3.82. The summed E-state index contributed by atoms with van der Waals surface area (Å²) in [7, 11) is 0. The molecule has 29 heavy (non-hydrogen) atoms. The van der Waals surface area contributed by atoms with Crippen LogP contribution in [0, 0.1) is 11.7 Å². The van der Waals surface area contributed by atoms with Crippen LogP contribution in [0.3, 0.4) is 0 Å². The number of thioether (sulfide) groups is 1. The van der Waals surface area contributed by atoms with Crippen LogP contribution in [0.15, 0.2) is 40.4 Å². The van der Waals surface area contributed by atoms with E-state index < -0.39 is 5.82 Å². The molecule has 0 atom stereocenters. The maximum atomic E-state index is 14.6. The molecule has 8 heteroatoms. The molecular weight excluding hydrogens is 393 g/mol. The van der Waals surface area contributed by atoms with Gasteiger partial charge < -0.3 is 14.5 Å². The Bertz CT molecular complexity index is 1050. The first-order valence-corrected chi connectivity index (χ1v) is 10.9. The van der Waals surface area contributed by atoms with Crippen molar-refractivity contribution in [3.05, 3.63) is 46.6 Å². The van der Waals surface area contributed by atoms with E-state index in [1.807, 2.05) is 6.92 Å². The molecule has 1 saturated carbocycles. The van der Waals surface area contributed by atoms with Gasteiger partial charge in [-0.3, -0.25) is 9.36 Å². The first-order chi connectivity index (χ1) is 14.2. The van der Waals surface area contributed by atoms with Crippen LogP contribution < -0.4 is 10.3 Å². The van der Waals surface area contributed by atoms with E-state index in [0.29, 0.717) is 47.6 Å². The summed E-state index contributed by atoms with van der Waals surface area (Å²) in [5.41, 5.74) is 1.18. The van der Waals surface area contributed by atoms with Crippen LogP contribution in [-0.2, 0) is 4.74 Å². The second-order valence-corrected chi connectivity index (χ2v) is 8.10. The predicted molar refractivity (Wildman–Crippen MR) is 112 cm³/mol. The lowest BCUT2D eigenvalue weighted by Gasteiger charge is -2.13. The fourth-order valence-electron chi connectivity index (χ4n) is 3.01. The quantitative estimate of drug-likeness (QED) is 0.305. The molecule has 6 nitrogen and oxygen atoms in total. The van der Waals surface area contributed by atoms with Gasteiger partial charge in [0.1, 0.15) is 5.52 Å². The highest BCUT2D eigenvalue weighted by Crippen LogP contribution is 2.31. The SMILES string of the molecule is CCOCCCSc1nc2cc[nH]c2c(=O)n1-c1ccc(OCC2CC2)c(F)c1. The van der Waals surface area contributed by atoms with Crippen molar-refractivity contribution in [1.82, 2.24) is 14.5 Å². The Morgan fingerprint density at radius 2 is 2.21 bits per heavy atom. The van der Waals surface area contributed by atoms with Gasteiger partial charge in [0, 0.05) is 31.2 Å². The molecule has 0 bridgehead atoms. The molecular formula is C21H24FN3O3S. The summed E-state index contributed by atoms with van der Waals surface area (Å²) in [5.74, 6) is 1.02. The molecule has 0 unspecified atom stereocenters. The highest BCUT2D eigenvalue weighted by molar-refractivity contribution is 7.99. The molecule has 3 aromatic rings. The number of nitrogens with zero attached hydrogens (tertiary/aromatic N) is 2. The molecule has 0 amide bonds. The smallest absolute Gasteiger partial charge is 0.283 e. The van der Waals surface area contributed by atoms with Gasteiger partial charge in [-0.1, -0.05) is 11.8 Å². The third-order valence-corrected chi connectivity index (χ3v) is 5.79. The molecule has 2 heterocycles. The van der Waals surface area contributed by atoms with Gasteiger partial charge in [0.05, 0.1) is 17.8 Å². The zero-order valence-electron chi connectivity index (χ0n) is 16.3. The molecule has 0 radical (unpaired) electrons. The zero-order valence-corrected chi connectivity index (χ0v) is 17.1. The van der Waals surface area contributed by atoms with Crippen LogP contribution in [0.5, 0.6) is 5.75 Å². The molecule has 0 spiro atoms. The summed E-state index contributed by atoms with van der Waals surface area (Å²) in [6.07, 6.45) is 4.80. The van der Waals surface area contributed by atoms with Crippen LogP contribution in [-0.4, -0.2) is 40.1 Å². The van der Waals surface area contributed by atoms with Crippen LogP contribution >= 0.6 is 11.8 Å². The van der Waals surface area contributed by atoms with Crippen molar-refractivity contribution in [2.75, 3.05) is 25.6 Å². The van der Waals surface area contributed by atoms with E-state index in [2.05, 4.69) is 9.97 Å². The Morgan fingerprint density at radius 1 is 1.34 bits per heavy atom. The molecule has 4 rings (SSSR count). The largest absolute Gasteiger partial charge is 0.490 e. The van der Waals surface area contributed by atoms with Crippen molar-refractivity contribution in [2.24, 2.45) is 5.92 Å². The lowest BCUT2D eigenvalue weighted by Crippen LogP contribution is -2.22. The number of halogens is 1. The summed E-state index contributed by atoms with van der Waals surface area (Å²) in [6, 6.07) is 6.39. The van der Waals surface area contributed by atoms with Crippen LogP contribution in [0.1, 0.15) is 26.2 Å². The second-order valence-electron chi connectivity index (χ2n) is 7.04. The lowest BCUT2D eigenvalue weighted by atomic mass is 10.2. The molecule has 1 aromatic carbocycles. The molecule has 1 fully saturated rings. The molecule has 1 aliphatic carbocycles. The molecule has 154 valence electrons. The van der Waals surface area contributed by atoms with E-state index in [0.717, 1.165) is 25.0 Å². The summed E-state index contributed by atoms with van der Waals surface area (Å²) < 4.78 is 27.0. The number of aromatic nitrogens is 3. The highest BCUT2D eigenvalue weighted by atomic mass is 32.2. The minimum Gasteiger partial charge on any atom is -0.490 e. The van der Waals surface area contributed by atoms with Crippen molar-refractivity contribution < 1.29 is 13.9 Å². The summed E-state index contributed by atoms with van der Waals surface area (Å²) in [4.78, 5) is 20.6. The number of rotatable bonds is 10. The van der Waals surface area contributed by atoms with Gasteiger partial charge in [0.25, 0.3) is 5.56 Å². The first kappa shape index (κ1) is 20.0. The van der Waals surface area contributed by atoms with E-state index in [-0.39, 0.29) is 11.3 Å². The molecule has 1 N–H and O–H groups in total. The Kier molecular flexibility index (Phi) is 6.20. The minimum absolute atomic E-state index is 0.216. The van der Waals surface area contributed by atoms with Crippen molar-refractivity contribution in [3.8, 4) is 11.4 Å². The van der Waals surface area contributed by atoms with E-state index in [1.54, 1.807) is 24.4 Å². The second kappa shape index (κ2) is 9.00. The van der Waals surface area contributed by atoms with Crippen molar-refractivity contribution in [1.29, 1.82) is 0 Å². The van der Waals surface area contributed by atoms with Crippen LogP contribution in [0.2, 0.25) is 0 Å². The standard InChI is InChI=1S/C21H24FN3O3S/c1-2-27-10-3-11-29-21-24-17-8-9-23-19(17)20(26)25(21)15-6-7-18(16(22)12-15)28-13-14-4-5-14/h6-9,12,14,23H,2-5,10-11,13H2,1H3. The van der Waals surface area contributed by atoms with Gasteiger partial charge in [0.15, 0.2) is 16.7 Å². The number of fused-ring (bicyclic) bond motifs is 1. The molecule has 0 saturated heterocycles. The number of aromatic amines is 1. The summed E-state index contributed by atoms with van der Waals surface area (Å²) in [5, 5.41) is 0.532. The maximum Gasteiger partial charge on any atom is 0.283 e. The molecule has 2 aromatic heterocycles. The number of nitrogens with one attached hydrogen (secondary N) is 1. The summed E-state index contributed by atoms with van der Waals surface area (Å²) >= 11 is 1.46. The topological polar surface area (TPSA) is 69.1 Å². The predicted octanol–water partition coefficient (Wildman–Crippen LogP) is 4.16. The van der Waals surface area contributed by atoms with E-state index in [4.69, 9.17) is 9.47 Å². The average molecular weight is 418 g/mol. The Labute approximate surface area is 172 Å². The van der Waals surface area contributed by atoms with Crippen LogP contribution in [0.4, 0.5) is 4.39 Å². The first-order valence-electron chi connectivity index (χ1n) is 9.90. The van der Waals surface area contributed by atoms with Crippen LogP contribution in [0.25, 0.3) is 16.7 Å². The van der Waals surface area contributed by atoms with Gasteiger partial charge in [-0.25, -0.2) is 9.37 Å². The maximum absolute atomic E-state index is 14.6. The minimum atomic E-state index is -0.478. The Balaban J connectivity index is 1.63. The fraction of sp³-hybridized carbons (Fsp3) is 0.429.